The van der Waals surface area contributed by atoms with Gasteiger partial charge in [-0.1, -0.05) is 80.3 Å². The number of benzene rings is 2. The van der Waals surface area contributed by atoms with Crippen LogP contribution in [-0.2, 0) is 6.42 Å². The van der Waals surface area contributed by atoms with Gasteiger partial charge in [0.15, 0.2) is 0 Å². The van der Waals surface area contributed by atoms with Crippen LogP contribution in [0.5, 0.6) is 0 Å². The van der Waals surface area contributed by atoms with Crippen molar-refractivity contribution < 1.29 is 0 Å². The Labute approximate surface area is 140 Å². The molecule has 0 spiro atoms. The summed E-state index contributed by atoms with van der Waals surface area (Å²) in [5.41, 5.74) is 4.96. The lowest BCUT2D eigenvalue weighted by atomic mass is 9.97. The van der Waals surface area contributed by atoms with Gasteiger partial charge in [0, 0.05) is 11.8 Å². The third-order valence-electron chi connectivity index (χ3n) is 4.16. The van der Waals surface area contributed by atoms with Gasteiger partial charge < -0.3 is 0 Å². The first-order valence-corrected chi connectivity index (χ1v) is 11.6. The van der Waals surface area contributed by atoms with Crippen molar-refractivity contribution in [2.75, 3.05) is 0 Å². The molecule has 0 aliphatic carbocycles. The fraction of sp³-hybridized carbons (Fsp3) is 0.190. The van der Waals surface area contributed by atoms with Crippen molar-refractivity contribution in [1.29, 1.82) is 0 Å². The van der Waals surface area contributed by atoms with Gasteiger partial charge in [-0.15, -0.1) is 0 Å². The van der Waals surface area contributed by atoms with Crippen LogP contribution >= 0.6 is 0 Å². The minimum absolute atomic E-state index is 0.939. The van der Waals surface area contributed by atoms with Crippen LogP contribution < -0.4 is 5.19 Å². The van der Waals surface area contributed by atoms with Crippen molar-refractivity contribution in [1.82, 2.24) is 4.98 Å². The maximum absolute atomic E-state index is 4.75. The number of hydrogen-bond acceptors (Lipinski definition) is 1. The molecule has 0 aliphatic heterocycles. The van der Waals surface area contributed by atoms with E-state index in [2.05, 4.69) is 92.6 Å². The summed E-state index contributed by atoms with van der Waals surface area (Å²) in [7, 11) is -1.29. The zero-order valence-electron chi connectivity index (χ0n) is 14.1. The minimum atomic E-state index is -1.29. The van der Waals surface area contributed by atoms with Crippen LogP contribution in [-0.4, -0.2) is 13.1 Å². The largest absolute Gasteiger partial charge is 0.256 e. The van der Waals surface area contributed by atoms with Crippen LogP contribution in [0.25, 0.3) is 11.3 Å². The molecule has 2 heteroatoms. The molecule has 0 saturated heterocycles. The predicted octanol–water partition coefficient (Wildman–Crippen LogP) is 4.88. The van der Waals surface area contributed by atoms with Gasteiger partial charge in [0.05, 0.1) is 13.8 Å². The van der Waals surface area contributed by atoms with Crippen LogP contribution in [0.4, 0.5) is 0 Å². The zero-order valence-corrected chi connectivity index (χ0v) is 15.1. The Morgan fingerprint density at radius 2 is 1.48 bits per heavy atom. The van der Waals surface area contributed by atoms with Crippen LogP contribution in [0.2, 0.25) is 19.6 Å². The number of aromatic nitrogens is 1. The van der Waals surface area contributed by atoms with Gasteiger partial charge >= 0.3 is 0 Å². The summed E-state index contributed by atoms with van der Waals surface area (Å²) in [6.45, 7) is 7.06. The van der Waals surface area contributed by atoms with Crippen LogP contribution in [0.15, 0.2) is 72.9 Å². The molecule has 3 rings (SSSR count). The molecular weight excluding hydrogens is 294 g/mol. The van der Waals surface area contributed by atoms with Gasteiger partial charge in [0.2, 0.25) is 0 Å². The molecule has 0 N–H and O–H groups in total. The molecule has 23 heavy (non-hydrogen) atoms. The van der Waals surface area contributed by atoms with Gasteiger partial charge in [0.25, 0.3) is 0 Å². The van der Waals surface area contributed by atoms with Crippen LogP contribution in [0, 0.1) is 0 Å². The molecule has 0 atom stereocenters. The second-order valence-corrected chi connectivity index (χ2v) is 12.1. The third kappa shape index (κ3) is 3.77. The van der Waals surface area contributed by atoms with E-state index in [1.807, 2.05) is 0 Å². The molecule has 0 aliphatic rings. The van der Waals surface area contributed by atoms with E-state index < -0.39 is 8.07 Å². The molecule has 0 saturated carbocycles. The summed E-state index contributed by atoms with van der Waals surface area (Å²) in [5.74, 6) is 0. The monoisotopic (exact) mass is 317 g/mol. The number of pyridine rings is 1. The molecule has 0 fully saturated rings. The highest BCUT2D eigenvalue weighted by atomic mass is 28.3. The molecule has 1 heterocycles. The van der Waals surface area contributed by atoms with Crippen molar-refractivity contribution in [2.45, 2.75) is 26.1 Å². The summed E-state index contributed by atoms with van der Waals surface area (Å²) in [4.78, 5) is 4.75. The Morgan fingerprint density at radius 1 is 0.783 bits per heavy atom. The summed E-state index contributed by atoms with van der Waals surface area (Å²) in [6, 6.07) is 23.6. The molecule has 1 nitrogen and oxygen atoms in total. The third-order valence-corrected chi connectivity index (χ3v) is 6.19. The lowest BCUT2D eigenvalue weighted by molar-refractivity contribution is 1.18. The van der Waals surface area contributed by atoms with E-state index in [-0.39, 0.29) is 0 Å². The fourth-order valence-electron chi connectivity index (χ4n) is 2.74. The molecular formula is C21H23NSi. The van der Waals surface area contributed by atoms with Gasteiger partial charge in [-0.05, 0) is 28.8 Å². The lowest BCUT2D eigenvalue weighted by Gasteiger charge is -2.16. The van der Waals surface area contributed by atoms with E-state index >= 15 is 0 Å². The number of hydrogen-bond donors (Lipinski definition) is 0. The lowest BCUT2D eigenvalue weighted by Crippen LogP contribution is -2.37. The Hall–Kier alpha value is -2.19. The van der Waals surface area contributed by atoms with E-state index in [1.54, 1.807) is 0 Å². The second kappa shape index (κ2) is 6.51. The highest BCUT2D eigenvalue weighted by Gasteiger charge is 2.17. The first-order chi connectivity index (χ1) is 11.0. The number of rotatable bonds is 4. The Kier molecular flexibility index (Phi) is 4.44. The molecule has 0 radical (unpaired) electrons. The molecule has 116 valence electrons. The quantitative estimate of drug-likeness (QED) is 0.625. The normalized spacial score (nSPS) is 11.4. The molecule has 0 bridgehead atoms. The topological polar surface area (TPSA) is 12.9 Å². The Bertz CT molecular complexity index is 771. The first kappa shape index (κ1) is 15.7. The van der Waals surface area contributed by atoms with Crippen LogP contribution in [0.1, 0.15) is 11.1 Å². The molecule has 1 aromatic heterocycles. The summed E-state index contributed by atoms with van der Waals surface area (Å²) >= 11 is 0. The average Bonchev–Trinajstić information content (AvgIpc) is 2.56. The summed E-state index contributed by atoms with van der Waals surface area (Å²) in [5, 5.41) is 1.40. The maximum atomic E-state index is 4.75. The molecule has 2 aromatic carbocycles. The summed E-state index contributed by atoms with van der Waals surface area (Å²) < 4.78 is 0. The molecule has 0 unspecified atom stereocenters. The standard InChI is InChI=1S/C21H23NSi/c1-23(2,3)19-13-14-21(22-16-19)20-12-8-7-11-18(20)15-17-9-5-4-6-10-17/h4-14,16H,15H2,1-3H3. The zero-order chi connectivity index (χ0) is 16.3. The first-order valence-electron chi connectivity index (χ1n) is 8.13. The summed E-state index contributed by atoms with van der Waals surface area (Å²) in [6.07, 6.45) is 3.01. The molecule has 3 aromatic rings. The van der Waals surface area contributed by atoms with Crippen LogP contribution in [0.3, 0.4) is 0 Å². The maximum Gasteiger partial charge on any atom is 0.0796 e. The fourth-order valence-corrected chi connectivity index (χ4v) is 3.77. The van der Waals surface area contributed by atoms with E-state index in [1.165, 1.54) is 21.9 Å². The second-order valence-electron chi connectivity index (χ2n) is 7.00. The smallest absolute Gasteiger partial charge is 0.0796 e. The van der Waals surface area contributed by atoms with Gasteiger partial charge in [-0.25, -0.2) is 0 Å². The predicted molar refractivity (Wildman–Crippen MR) is 102 cm³/mol. The average molecular weight is 318 g/mol. The Balaban J connectivity index is 1.94. The van der Waals surface area contributed by atoms with Crippen molar-refractivity contribution in [2.24, 2.45) is 0 Å². The van der Waals surface area contributed by atoms with Gasteiger partial charge in [0.1, 0.15) is 0 Å². The van der Waals surface area contributed by atoms with Crippen molar-refractivity contribution in [3.63, 3.8) is 0 Å². The van der Waals surface area contributed by atoms with Crippen molar-refractivity contribution in [3.8, 4) is 11.3 Å². The van der Waals surface area contributed by atoms with Crippen molar-refractivity contribution >= 4 is 13.3 Å². The van der Waals surface area contributed by atoms with Crippen molar-refractivity contribution in [3.05, 3.63) is 84.1 Å². The van der Waals surface area contributed by atoms with E-state index in [0.29, 0.717) is 0 Å². The Morgan fingerprint density at radius 3 is 2.13 bits per heavy atom. The van der Waals surface area contributed by atoms with Gasteiger partial charge in [-0.2, -0.15) is 0 Å². The highest BCUT2D eigenvalue weighted by molar-refractivity contribution is 6.88. The minimum Gasteiger partial charge on any atom is -0.256 e. The SMILES string of the molecule is C[Si](C)(C)c1ccc(-c2ccccc2Cc2ccccc2)nc1. The molecule has 0 amide bonds. The van der Waals surface area contributed by atoms with E-state index in [9.17, 15) is 0 Å². The number of nitrogens with zero attached hydrogens (tertiary/aromatic N) is 1. The van der Waals surface area contributed by atoms with E-state index in [4.69, 9.17) is 4.98 Å². The van der Waals surface area contributed by atoms with Gasteiger partial charge in [-0.3, -0.25) is 4.98 Å². The van der Waals surface area contributed by atoms with E-state index in [0.717, 1.165) is 12.1 Å². The highest BCUT2D eigenvalue weighted by Crippen LogP contribution is 2.23.